The lowest BCUT2D eigenvalue weighted by Crippen LogP contribution is -1.97. The van der Waals surface area contributed by atoms with Crippen molar-refractivity contribution in [3.05, 3.63) is 41.3 Å². The molecule has 0 aliphatic carbocycles. The first-order chi connectivity index (χ1) is 7.65. The van der Waals surface area contributed by atoms with Crippen LogP contribution in [0.2, 0.25) is 0 Å². The lowest BCUT2D eigenvalue weighted by atomic mass is 10.2. The monoisotopic (exact) mass is 222 g/mol. The molecule has 0 aliphatic rings. The standard InChI is InChI=1S/C11H11FN2O2/c1-7-5-9(12)3-4-10(7)15-6-11-13-8(2)14-16-11/h3-5H,6H2,1-2H3. The highest BCUT2D eigenvalue weighted by Gasteiger charge is 2.05. The normalized spacial score (nSPS) is 10.4. The van der Waals surface area contributed by atoms with Gasteiger partial charge in [0.15, 0.2) is 12.4 Å². The molecule has 0 saturated carbocycles. The van der Waals surface area contributed by atoms with Gasteiger partial charge < -0.3 is 9.26 Å². The molecule has 5 heteroatoms. The molecule has 2 rings (SSSR count). The van der Waals surface area contributed by atoms with E-state index in [1.807, 2.05) is 0 Å². The zero-order chi connectivity index (χ0) is 11.5. The fourth-order valence-corrected chi connectivity index (χ4v) is 1.31. The molecule has 16 heavy (non-hydrogen) atoms. The van der Waals surface area contributed by atoms with Crippen LogP contribution in [-0.4, -0.2) is 10.1 Å². The highest BCUT2D eigenvalue weighted by Crippen LogP contribution is 2.19. The van der Waals surface area contributed by atoms with Crippen molar-refractivity contribution < 1.29 is 13.7 Å². The average Bonchev–Trinajstić information content (AvgIpc) is 2.63. The Morgan fingerprint density at radius 1 is 1.38 bits per heavy atom. The number of hydrogen-bond acceptors (Lipinski definition) is 4. The van der Waals surface area contributed by atoms with Gasteiger partial charge in [-0.1, -0.05) is 5.16 Å². The predicted octanol–water partition coefficient (Wildman–Crippen LogP) is 2.40. The third-order valence-corrected chi connectivity index (χ3v) is 2.06. The molecule has 1 heterocycles. The number of halogens is 1. The van der Waals surface area contributed by atoms with Crippen molar-refractivity contribution in [2.75, 3.05) is 0 Å². The number of ether oxygens (including phenoxy) is 1. The molecule has 0 radical (unpaired) electrons. The molecule has 84 valence electrons. The fourth-order valence-electron chi connectivity index (χ4n) is 1.31. The lowest BCUT2D eigenvalue weighted by Gasteiger charge is -2.06. The second-order valence-electron chi connectivity index (χ2n) is 3.43. The molecular formula is C11H11FN2O2. The van der Waals surface area contributed by atoms with Gasteiger partial charge in [-0.25, -0.2) is 4.39 Å². The Hall–Kier alpha value is -1.91. The summed E-state index contributed by atoms with van der Waals surface area (Å²) in [5, 5.41) is 3.64. The molecule has 0 N–H and O–H groups in total. The van der Waals surface area contributed by atoms with Gasteiger partial charge in [-0.15, -0.1) is 0 Å². The van der Waals surface area contributed by atoms with Gasteiger partial charge in [-0.2, -0.15) is 4.98 Å². The molecule has 0 spiro atoms. The van der Waals surface area contributed by atoms with Gasteiger partial charge in [-0.3, -0.25) is 0 Å². The second kappa shape index (κ2) is 4.30. The lowest BCUT2D eigenvalue weighted by molar-refractivity contribution is 0.241. The molecule has 0 unspecified atom stereocenters. The molecule has 0 aliphatic heterocycles. The number of rotatable bonds is 3. The minimum absolute atomic E-state index is 0.188. The Labute approximate surface area is 92.0 Å². The van der Waals surface area contributed by atoms with Crippen LogP contribution in [0.1, 0.15) is 17.3 Å². The number of aromatic nitrogens is 2. The van der Waals surface area contributed by atoms with Gasteiger partial charge in [-0.05, 0) is 37.6 Å². The maximum absolute atomic E-state index is 12.8. The predicted molar refractivity (Wildman–Crippen MR) is 54.5 cm³/mol. The average molecular weight is 222 g/mol. The molecule has 1 aromatic carbocycles. The summed E-state index contributed by atoms with van der Waals surface area (Å²) in [7, 11) is 0. The maximum Gasteiger partial charge on any atom is 0.264 e. The SMILES string of the molecule is Cc1noc(COc2ccc(F)cc2C)n1. The van der Waals surface area contributed by atoms with E-state index in [4.69, 9.17) is 9.26 Å². The van der Waals surface area contributed by atoms with Crippen molar-refractivity contribution in [3.63, 3.8) is 0 Å². The zero-order valence-electron chi connectivity index (χ0n) is 9.03. The van der Waals surface area contributed by atoms with Crippen molar-refractivity contribution in [3.8, 4) is 5.75 Å². The number of nitrogens with zero attached hydrogens (tertiary/aromatic N) is 2. The van der Waals surface area contributed by atoms with E-state index in [1.54, 1.807) is 19.9 Å². The van der Waals surface area contributed by atoms with E-state index in [-0.39, 0.29) is 12.4 Å². The van der Waals surface area contributed by atoms with E-state index in [2.05, 4.69) is 10.1 Å². The molecule has 0 fully saturated rings. The summed E-state index contributed by atoms with van der Waals surface area (Å²) in [6, 6.07) is 4.34. The van der Waals surface area contributed by atoms with E-state index >= 15 is 0 Å². The minimum atomic E-state index is -0.279. The minimum Gasteiger partial charge on any atom is -0.483 e. The summed E-state index contributed by atoms with van der Waals surface area (Å²) in [5.74, 6) is 1.30. The Bertz CT molecular complexity index is 496. The molecule has 0 atom stereocenters. The molecule has 4 nitrogen and oxygen atoms in total. The summed E-state index contributed by atoms with van der Waals surface area (Å²) < 4.78 is 23.1. The van der Waals surface area contributed by atoms with Gasteiger partial charge in [0.1, 0.15) is 11.6 Å². The van der Waals surface area contributed by atoms with Gasteiger partial charge in [0.2, 0.25) is 0 Å². The van der Waals surface area contributed by atoms with E-state index in [9.17, 15) is 4.39 Å². The molecule has 0 bridgehead atoms. The summed E-state index contributed by atoms with van der Waals surface area (Å²) in [4.78, 5) is 4.00. The first-order valence-electron chi connectivity index (χ1n) is 4.83. The van der Waals surface area contributed by atoms with Crippen molar-refractivity contribution >= 4 is 0 Å². The fraction of sp³-hybridized carbons (Fsp3) is 0.273. The molecule has 1 aromatic heterocycles. The van der Waals surface area contributed by atoms with E-state index in [1.165, 1.54) is 12.1 Å². The van der Waals surface area contributed by atoms with Crippen molar-refractivity contribution in [2.45, 2.75) is 20.5 Å². The Morgan fingerprint density at radius 3 is 2.81 bits per heavy atom. The third-order valence-electron chi connectivity index (χ3n) is 2.06. The summed E-state index contributed by atoms with van der Waals surface area (Å²) in [6.07, 6.45) is 0. The zero-order valence-corrected chi connectivity index (χ0v) is 9.03. The van der Waals surface area contributed by atoms with Gasteiger partial charge in [0, 0.05) is 0 Å². The first kappa shape index (κ1) is 10.6. The Kier molecular flexibility index (Phi) is 2.85. The number of hydrogen-bond donors (Lipinski definition) is 0. The van der Waals surface area contributed by atoms with Gasteiger partial charge in [0.05, 0.1) is 0 Å². The van der Waals surface area contributed by atoms with Crippen LogP contribution in [0.25, 0.3) is 0 Å². The van der Waals surface area contributed by atoms with Gasteiger partial charge in [0.25, 0.3) is 5.89 Å². The highest BCUT2D eigenvalue weighted by molar-refractivity contribution is 5.32. The topological polar surface area (TPSA) is 48.2 Å². The molecular weight excluding hydrogens is 211 g/mol. The van der Waals surface area contributed by atoms with Crippen molar-refractivity contribution in [1.29, 1.82) is 0 Å². The van der Waals surface area contributed by atoms with Gasteiger partial charge >= 0.3 is 0 Å². The maximum atomic E-state index is 12.8. The van der Waals surface area contributed by atoms with Crippen LogP contribution < -0.4 is 4.74 Å². The van der Waals surface area contributed by atoms with Crippen molar-refractivity contribution in [2.24, 2.45) is 0 Å². The molecule has 0 saturated heterocycles. The number of benzene rings is 1. The molecule has 2 aromatic rings. The van der Waals surface area contributed by atoms with Crippen LogP contribution in [0.3, 0.4) is 0 Å². The van der Waals surface area contributed by atoms with Crippen LogP contribution in [0.5, 0.6) is 5.75 Å². The van der Waals surface area contributed by atoms with Crippen LogP contribution in [0.4, 0.5) is 4.39 Å². The number of aryl methyl sites for hydroxylation is 2. The van der Waals surface area contributed by atoms with E-state index < -0.39 is 0 Å². The van der Waals surface area contributed by atoms with Crippen LogP contribution in [0, 0.1) is 19.7 Å². The van der Waals surface area contributed by atoms with Crippen LogP contribution in [0.15, 0.2) is 22.7 Å². The molecule has 0 amide bonds. The second-order valence-corrected chi connectivity index (χ2v) is 3.43. The van der Waals surface area contributed by atoms with E-state index in [0.29, 0.717) is 17.5 Å². The smallest absolute Gasteiger partial charge is 0.264 e. The van der Waals surface area contributed by atoms with Crippen LogP contribution in [-0.2, 0) is 6.61 Å². The largest absolute Gasteiger partial charge is 0.483 e. The third kappa shape index (κ3) is 2.36. The summed E-state index contributed by atoms with van der Waals surface area (Å²) >= 11 is 0. The first-order valence-corrected chi connectivity index (χ1v) is 4.83. The van der Waals surface area contributed by atoms with Crippen molar-refractivity contribution in [1.82, 2.24) is 10.1 Å². The summed E-state index contributed by atoms with van der Waals surface area (Å²) in [6.45, 7) is 3.70. The quantitative estimate of drug-likeness (QED) is 0.800. The Balaban J connectivity index is 2.04. The van der Waals surface area contributed by atoms with Crippen LogP contribution >= 0.6 is 0 Å². The highest BCUT2D eigenvalue weighted by atomic mass is 19.1. The summed E-state index contributed by atoms with van der Waals surface area (Å²) in [5.41, 5.74) is 0.733. The van der Waals surface area contributed by atoms with E-state index in [0.717, 1.165) is 5.56 Å². The Morgan fingerprint density at radius 2 is 2.19 bits per heavy atom.